The van der Waals surface area contributed by atoms with Crippen LogP contribution in [0.4, 0.5) is 11.4 Å². The van der Waals surface area contributed by atoms with E-state index in [4.69, 9.17) is 39.5 Å². The molecule has 5 nitrogen and oxygen atoms in total. The summed E-state index contributed by atoms with van der Waals surface area (Å²) in [5.74, 6) is -0.616. The quantitative estimate of drug-likeness (QED) is 0.735. The van der Waals surface area contributed by atoms with Gasteiger partial charge in [-0.1, -0.05) is 34.8 Å². The van der Waals surface area contributed by atoms with Crippen molar-refractivity contribution in [3.63, 3.8) is 0 Å². The van der Waals surface area contributed by atoms with Crippen LogP contribution >= 0.6 is 34.8 Å². The van der Waals surface area contributed by atoms with E-state index in [2.05, 4.69) is 10.6 Å². The highest BCUT2D eigenvalue weighted by Crippen LogP contribution is 2.28. The van der Waals surface area contributed by atoms with E-state index in [-0.39, 0.29) is 0 Å². The van der Waals surface area contributed by atoms with Gasteiger partial charge in [-0.15, -0.1) is 0 Å². The Bertz CT molecular complexity index is 781. The third-order valence-corrected chi connectivity index (χ3v) is 3.76. The van der Waals surface area contributed by atoms with Crippen LogP contribution in [-0.4, -0.2) is 18.9 Å². The number of carbonyl (C=O) groups is 2. The molecule has 0 spiro atoms. The van der Waals surface area contributed by atoms with Gasteiger partial charge in [0.2, 0.25) is 11.8 Å². The minimum Gasteiger partial charge on any atom is -0.495 e. The summed E-state index contributed by atoms with van der Waals surface area (Å²) >= 11 is 17.7. The van der Waals surface area contributed by atoms with Gasteiger partial charge in [0.25, 0.3) is 0 Å². The Hall–Kier alpha value is -1.95. The molecule has 0 aliphatic rings. The maximum absolute atomic E-state index is 12.0. The molecule has 24 heavy (non-hydrogen) atoms. The van der Waals surface area contributed by atoms with Crippen LogP contribution in [0, 0.1) is 0 Å². The molecule has 0 atom stereocenters. The third kappa shape index (κ3) is 5.03. The molecule has 2 amide bonds. The summed E-state index contributed by atoms with van der Waals surface area (Å²) in [6.07, 6.45) is -0.404. The van der Waals surface area contributed by atoms with Crippen molar-refractivity contribution in [3.8, 4) is 5.75 Å². The van der Waals surface area contributed by atoms with Gasteiger partial charge in [-0.25, -0.2) is 0 Å². The molecular weight excluding hydrogens is 375 g/mol. The monoisotopic (exact) mass is 386 g/mol. The first-order chi connectivity index (χ1) is 11.4. The molecule has 0 aromatic heterocycles. The second kappa shape index (κ2) is 8.24. The number of nitrogens with one attached hydrogen (secondary N) is 2. The number of halogens is 3. The number of rotatable bonds is 5. The molecule has 0 aliphatic carbocycles. The number of amides is 2. The van der Waals surface area contributed by atoms with E-state index in [1.807, 2.05) is 0 Å². The average Bonchev–Trinajstić information content (AvgIpc) is 2.51. The van der Waals surface area contributed by atoms with Crippen molar-refractivity contribution in [2.75, 3.05) is 17.7 Å². The Balaban J connectivity index is 2.01. The van der Waals surface area contributed by atoms with Crippen molar-refractivity contribution in [1.29, 1.82) is 0 Å². The van der Waals surface area contributed by atoms with E-state index < -0.39 is 18.2 Å². The summed E-state index contributed by atoms with van der Waals surface area (Å²) in [7, 11) is 1.47. The van der Waals surface area contributed by atoms with Crippen LogP contribution in [0.1, 0.15) is 6.42 Å². The summed E-state index contributed by atoms with van der Waals surface area (Å²) in [5, 5.41) is 6.29. The molecule has 0 saturated heterocycles. The van der Waals surface area contributed by atoms with Gasteiger partial charge in [-0.3, -0.25) is 9.59 Å². The molecule has 0 heterocycles. The zero-order valence-corrected chi connectivity index (χ0v) is 14.8. The Morgan fingerprint density at radius 1 is 0.917 bits per heavy atom. The van der Waals surface area contributed by atoms with Gasteiger partial charge in [0.05, 0.1) is 23.5 Å². The second-order valence-corrected chi connectivity index (χ2v) is 6.02. The lowest BCUT2D eigenvalue weighted by Gasteiger charge is -2.11. The van der Waals surface area contributed by atoms with Crippen molar-refractivity contribution in [3.05, 3.63) is 51.5 Å². The normalized spacial score (nSPS) is 10.2. The standard InChI is InChI=1S/C16H13Cl3N2O3/c1-24-14-5-3-10(18)7-13(14)21-16(23)8-15(22)20-12-6-9(17)2-4-11(12)19/h2-7H,8H2,1H3,(H,20,22)(H,21,23). The molecule has 8 heteroatoms. The number of benzene rings is 2. The Kier molecular flexibility index (Phi) is 6.31. The number of ether oxygens (including phenoxy) is 1. The van der Waals surface area contributed by atoms with Crippen LogP contribution < -0.4 is 15.4 Å². The lowest BCUT2D eigenvalue weighted by atomic mass is 10.2. The minimum absolute atomic E-state index is 0.324. The smallest absolute Gasteiger partial charge is 0.233 e. The van der Waals surface area contributed by atoms with Gasteiger partial charge >= 0.3 is 0 Å². The Labute approximate surface area is 153 Å². The molecule has 2 aromatic carbocycles. The van der Waals surface area contributed by atoms with Gasteiger partial charge < -0.3 is 15.4 Å². The maximum Gasteiger partial charge on any atom is 0.233 e. The van der Waals surface area contributed by atoms with Crippen LogP contribution in [0.15, 0.2) is 36.4 Å². The number of hydrogen-bond acceptors (Lipinski definition) is 3. The van der Waals surface area contributed by atoms with Crippen molar-refractivity contribution in [2.24, 2.45) is 0 Å². The fourth-order valence-corrected chi connectivity index (χ4v) is 2.41. The fraction of sp³-hybridized carbons (Fsp3) is 0.125. The summed E-state index contributed by atoms with van der Waals surface area (Å²) in [5.41, 5.74) is 0.714. The predicted molar refractivity (Wildman–Crippen MR) is 96.3 cm³/mol. The molecule has 2 N–H and O–H groups in total. The second-order valence-electron chi connectivity index (χ2n) is 4.74. The van der Waals surface area contributed by atoms with Gasteiger partial charge in [0.15, 0.2) is 0 Å². The number of anilines is 2. The van der Waals surface area contributed by atoms with E-state index in [1.165, 1.54) is 19.2 Å². The number of methoxy groups -OCH3 is 1. The van der Waals surface area contributed by atoms with Gasteiger partial charge in [-0.2, -0.15) is 0 Å². The van der Waals surface area contributed by atoms with Crippen molar-refractivity contribution >= 4 is 58.0 Å². The lowest BCUT2D eigenvalue weighted by Crippen LogP contribution is -2.21. The van der Waals surface area contributed by atoms with Crippen LogP contribution in [0.3, 0.4) is 0 Å². The molecule has 0 radical (unpaired) electrons. The molecule has 2 aromatic rings. The van der Waals surface area contributed by atoms with Crippen molar-refractivity contribution in [1.82, 2.24) is 0 Å². The summed E-state index contributed by atoms with van der Waals surface area (Å²) in [4.78, 5) is 24.0. The van der Waals surface area contributed by atoms with Gasteiger partial charge in [0, 0.05) is 10.0 Å². The van der Waals surface area contributed by atoms with Crippen LogP contribution in [0.25, 0.3) is 0 Å². The van der Waals surface area contributed by atoms with E-state index in [9.17, 15) is 9.59 Å². The highest BCUT2D eigenvalue weighted by Gasteiger charge is 2.14. The van der Waals surface area contributed by atoms with Crippen LogP contribution in [0.5, 0.6) is 5.75 Å². The van der Waals surface area contributed by atoms with Gasteiger partial charge in [0.1, 0.15) is 12.2 Å². The molecule has 0 aliphatic heterocycles. The lowest BCUT2D eigenvalue weighted by molar-refractivity contribution is -0.123. The fourth-order valence-electron chi connectivity index (χ4n) is 1.91. The first-order valence-electron chi connectivity index (χ1n) is 6.77. The number of hydrogen-bond donors (Lipinski definition) is 2. The minimum atomic E-state index is -0.530. The molecule has 0 bridgehead atoms. The topological polar surface area (TPSA) is 67.4 Å². The largest absolute Gasteiger partial charge is 0.495 e. The zero-order valence-electron chi connectivity index (χ0n) is 12.5. The molecule has 0 unspecified atom stereocenters. The number of carbonyl (C=O) groups excluding carboxylic acids is 2. The van der Waals surface area contributed by atoms with Crippen molar-refractivity contribution < 1.29 is 14.3 Å². The Morgan fingerprint density at radius 3 is 2.08 bits per heavy atom. The molecule has 0 fully saturated rings. The maximum atomic E-state index is 12.0. The van der Waals surface area contributed by atoms with Gasteiger partial charge in [-0.05, 0) is 36.4 Å². The van der Waals surface area contributed by atoms with E-state index in [1.54, 1.807) is 24.3 Å². The first kappa shape index (κ1) is 18.4. The molecule has 0 saturated carbocycles. The van der Waals surface area contributed by atoms with Crippen molar-refractivity contribution in [2.45, 2.75) is 6.42 Å². The van der Waals surface area contributed by atoms with Crippen LogP contribution in [0.2, 0.25) is 15.1 Å². The molecule has 126 valence electrons. The molecular formula is C16H13Cl3N2O3. The summed E-state index contributed by atoms with van der Waals surface area (Å²) < 4.78 is 5.12. The summed E-state index contributed by atoms with van der Waals surface area (Å²) in [6, 6.07) is 9.42. The average molecular weight is 388 g/mol. The summed E-state index contributed by atoms with van der Waals surface area (Å²) in [6.45, 7) is 0. The first-order valence-corrected chi connectivity index (χ1v) is 7.90. The third-order valence-electron chi connectivity index (χ3n) is 2.96. The van der Waals surface area contributed by atoms with E-state index in [0.717, 1.165) is 0 Å². The SMILES string of the molecule is COc1ccc(Cl)cc1NC(=O)CC(=O)Nc1cc(Cl)ccc1Cl. The van der Waals surface area contributed by atoms with Crippen LogP contribution in [-0.2, 0) is 9.59 Å². The molecule has 2 rings (SSSR count). The predicted octanol–water partition coefficient (Wildman–Crippen LogP) is 4.62. The van der Waals surface area contributed by atoms with E-state index >= 15 is 0 Å². The highest BCUT2D eigenvalue weighted by molar-refractivity contribution is 6.35. The zero-order chi connectivity index (χ0) is 17.7. The highest BCUT2D eigenvalue weighted by atomic mass is 35.5. The Morgan fingerprint density at radius 2 is 1.46 bits per heavy atom. The van der Waals surface area contributed by atoms with E-state index in [0.29, 0.717) is 32.2 Å².